The minimum atomic E-state index is -4.97. The Balaban J connectivity index is 5.26. The van der Waals surface area contributed by atoms with Gasteiger partial charge in [0.2, 0.25) is 0 Å². The van der Waals surface area contributed by atoms with Crippen molar-refractivity contribution < 1.29 is 80.2 Å². The van der Waals surface area contributed by atoms with Gasteiger partial charge in [-0.2, -0.15) is 0 Å². The molecule has 642 valence electrons. The predicted octanol–water partition coefficient (Wildman–Crippen LogP) is 27.1. The molecular formula is C89H174O17P2. The summed E-state index contributed by atoms with van der Waals surface area (Å²) in [7, 11) is -9.94. The van der Waals surface area contributed by atoms with E-state index in [4.69, 9.17) is 37.0 Å². The predicted molar refractivity (Wildman–Crippen MR) is 446 cm³/mol. The van der Waals surface area contributed by atoms with E-state index >= 15 is 0 Å². The number of carbonyl (C=O) groups is 4. The van der Waals surface area contributed by atoms with E-state index in [0.717, 1.165) is 114 Å². The van der Waals surface area contributed by atoms with Crippen molar-refractivity contribution in [2.24, 2.45) is 23.7 Å². The van der Waals surface area contributed by atoms with Gasteiger partial charge in [-0.15, -0.1) is 0 Å². The summed E-state index contributed by atoms with van der Waals surface area (Å²) in [6, 6.07) is 0. The molecule has 3 N–H and O–H groups in total. The van der Waals surface area contributed by atoms with Crippen LogP contribution >= 0.6 is 15.6 Å². The Labute approximate surface area is 664 Å². The Kier molecular flexibility index (Phi) is 76.2. The molecule has 108 heavy (non-hydrogen) atoms. The van der Waals surface area contributed by atoms with Crippen LogP contribution in [0.3, 0.4) is 0 Å². The van der Waals surface area contributed by atoms with Crippen molar-refractivity contribution in [2.45, 2.75) is 485 Å². The number of phosphoric ester groups is 2. The Hall–Kier alpha value is -1.94. The van der Waals surface area contributed by atoms with E-state index in [-0.39, 0.29) is 25.7 Å². The summed E-state index contributed by atoms with van der Waals surface area (Å²) in [5.74, 6) is 1.15. The molecule has 0 aliphatic heterocycles. The van der Waals surface area contributed by atoms with E-state index < -0.39 is 97.5 Å². The number of hydrogen-bond donors (Lipinski definition) is 3. The number of esters is 4. The fourth-order valence-corrected chi connectivity index (χ4v) is 15.4. The molecular weight excluding hydrogens is 1400 g/mol. The second-order valence-corrected chi connectivity index (χ2v) is 36.3. The van der Waals surface area contributed by atoms with E-state index in [0.29, 0.717) is 25.7 Å². The number of rotatable bonds is 86. The number of carbonyl (C=O) groups excluding carboxylic acids is 4. The summed E-state index contributed by atoms with van der Waals surface area (Å²) < 4.78 is 69.0. The quantitative estimate of drug-likeness (QED) is 0.0222. The lowest BCUT2D eigenvalue weighted by Crippen LogP contribution is -2.30. The molecule has 0 aromatic carbocycles. The van der Waals surface area contributed by atoms with E-state index in [2.05, 4.69) is 55.4 Å². The molecule has 0 aliphatic rings. The molecule has 0 bridgehead atoms. The number of unbranched alkanes of at least 4 members (excludes halogenated alkanes) is 50. The van der Waals surface area contributed by atoms with Crippen LogP contribution < -0.4 is 0 Å². The van der Waals surface area contributed by atoms with Gasteiger partial charge in [0.15, 0.2) is 12.2 Å². The summed E-state index contributed by atoms with van der Waals surface area (Å²) in [5.41, 5.74) is 0. The molecule has 0 heterocycles. The van der Waals surface area contributed by atoms with E-state index in [1.807, 2.05) is 0 Å². The van der Waals surface area contributed by atoms with Crippen molar-refractivity contribution in [1.82, 2.24) is 0 Å². The molecule has 0 rings (SSSR count). The summed E-state index contributed by atoms with van der Waals surface area (Å²) in [6.45, 7) is 14.4. The summed E-state index contributed by atoms with van der Waals surface area (Å²) in [4.78, 5) is 73.4. The van der Waals surface area contributed by atoms with Crippen LogP contribution in [0, 0.1) is 23.7 Å². The average Bonchev–Trinajstić information content (AvgIpc) is 0.900. The van der Waals surface area contributed by atoms with Gasteiger partial charge < -0.3 is 33.8 Å². The molecule has 19 heteroatoms. The van der Waals surface area contributed by atoms with Gasteiger partial charge in [-0.3, -0.25) is 37.3 Å². The summed E-state index contributed by atoms with van der Waals surface area (Å²) in [6.07, 6.45) is 67.9. The molecule has 0 aliphatic carbocycles. The lowest BCUT2D eigenvalue weighted by atomic mass is 9.99. The molecule has 0 radical (unpaired) electrons. The molecule has 0 aromatic heterocycles. The molecule has 0 amide bonds. The largest absolute Gasteiger partial charge is 0.472 e. The third kappa shape index (κ3) is 79.3. The van der Waals surface area contributed by atoms with Gasteiger partial charge >= 0.3 is 39.5 Å². The van der Waals surface area contributed by atoms with Gasteiger partial charge in [0.05, 0.1) is 26.4 Å². The number of ether oxygens (including phenoxy) is 4. The Morgan fingerprint density at radius 1 is 0.259 bits per heavy atom. The highest BCUT2D eigenvalue weighted by Gasteiger charge is 2.31. The maximum absolute atomic E-state index is 13.2. The number of phosphoric acid groups is 2. The zero-order valence-corrected chi connectivity index (χ0v) is 73.3. The minimum Gasteiger partial charge on any atom is -0.462 e. The van der Waals surface area contributed by atoms with Gasteiger partial charge in [0, 0.05) is 25.7 Å². The maximum atomic E-state index is 13.2. The third-order valence-corrected chi connectivity index (χ3v) is 23.4. The number of aliphatic hydroxyl groups is 1. The summed E-state index contributed by atoms with van der Waals surface area (Å²) in [5, 5.41) is 10.7. The smallest absolute Gasteiger partial charge is 0.462 e. The summed E-state index contributed by atoms with van der Waals surface area (Å²) >= 11 is 0. The van der Waals surface area contributed by atoms with Crippen molar-refractivity contribution in [2.75, 3.05) is 39.6 Å². The zero-order valence-electron chi connectivity index (χ0n) is 71.5. The fraction of sp³-hybridized carbons (Fsp3) is 0.955. The van der Waals surface area contributed by atoms with Crippen LogP contribution in [0.4, 0.5) is 0 Å². The second-order valence-electron chi connectivity index (χ2n) is 33.4. The van der Waals surface area contributed by atoms with Gasteiger partial charge in [-0.1, -0.05) is 415 Å². The monoisotopic (exact) mass is 1580 g/mol. The van der Waals surface area contributed by atoms with Crippen molar-refractivity contribution in [3.63, 3.8) is 0 Å². The van der Waals surface area contributed by atoms with Gasteiger partial charge in [-0.25, -0.2) is 9.13 Å². The maximum Gasteiger partial charge on any atom is 0.472 e. The Bertz CT molecular complexity index is 2100. The van der Waals surface area contributed by atoms with Crippen molar-refractivity contribution in [1.29, 1.82) is 0 Å². The van der Waals surface area contributed by atoms with Crippen LogP contribution in [0.2, 0.25) is 0 Å². The standard InChI is InChI=1S/C89H174O17P2/c1-9-81(7)67-59-51-43-35-27-21-15-13-11-12-14-16-24-30-38-47-55-63-71-88(93)105-84(75-99-86(91)69-61-53-45-37-29-23-18-17-22-28-36-44-52-60-68-82(8)10-2)77-103-107(95,96)101-73-83(90)74-102-108(97,98)104-78-85(76-100-87(92)70-62-54-46-40-32-34-42-50-58-66-80(5)6)106-89(94)72-64-56-48-39-31-25-19-20-26-33-41-49-57-65-79(3)4/h79-85,90H,9-78H2,1-8H3,(H,95,96)(H,97,98)/t81?,82?,83-,84-,85-/m1/s1. The first-order valence-electron chi connectivity index (χ1n) is 45.8. The second kappa shape index (κ2) is 77.6. The highest BCUT2D eigenvalue weighted by molar-refractivity contribution is 7.47. The van der Waals surface area contributed by atoms with Gasteiger partial charge in [0.25, 0.3) is 0 Å². The third-order valence-electron chi connectivity index (χ3n) is 21.5. The fourth-order valence-electron chi connectivity index (χ4n) is 13.8. The van der Waals surface area contributed by atoms with E-state index in [1.165, 1.54) is 270 Å². The van der Waals surface area contributed by atoms with Crippen LogP contribution in [0.15, 0.2) is 0 Å². The van der Waals surface area contributed by atoms with Crippen molar-refractivity contribution in [3.8, 4) is 0 Å². The SMILES string of the molecule is CCC(C)CCCCCCCCCCCCCCCCCCCCC(=O)O[C@H](COC(=O)CCCCCCCCCCCCCCCCC(C)CC)COP(=O)(O)OC[C@@H](O)COP(=O)(O)OC[C@@H](COC(=O)CCCCCCCCCCCC(C)C)OC(=O)CCCCCCCCCCCCCCCC(C)C. The Morgan fingerprint density at radius 3 is 0.657 bits per heavy atom. The van der Waals surface area contributed by atoms with E-state index in [1.54, 1.807) is 0 Å². The average molecular weight is 1580 g/mol. The molecule has 17 nitrogen and oxygen atoms in total. The lowest BCUT2D eigenvalue weighted by molar-refractivity contribution is -0.161. The molecule has 0 spiro atoms. The number of hydrogen-bond acceptors (Lipinski definition) is 15. The van der Waals surface area contributed by atoms with E-state index in [9.17, 15) is 43.2 Å². The molecule has 0 fully saturated rings. The molecule has 0 saturated carbocycles. The van der Waals surface area contributed by atoms with Crippen LogP contribution in [0.1, 0.15) is 466 Å². The van der Waals surface area contributed by atoms with Crippen LogP contribution in [0.5, 0.6) is 0 Å². The van der Waals surface area contributed by atoms with Crippen molar-refractivity contribution in [3.05, 3.63) is 0 Å². The van der Waals surface area contributed by atoms with Gasteiger partial charge in [0.1, 0.15) is 19.3 Å². The van der Waals surface area contributed by atoms with Crippen LogP contribution in [-0.2, 0) is 65.4 Å². The topological polar surface area (TPSA) is 237 Å². The highest BCUT2D eigenvalue weighted by atomic mass is 31.2. The Morgan fingerprint density at radius 2 is 0.444 bits per heavy atom. The molecule has 0 aromatic rings. The molecule has 4 unspecified atom stereocenters. The molecule has 0 saturated heterocycles. The van der Waals surface area contributed by atoms with Crippen molar-refractivity contribution >= 4 is 39.5 Å². The van der Waals surface area contributed by atoms with Gasteiger partial charge in [-0.05, 0) is 49.4 Å². The molecule has 7 atom stereocenters. The number of aliphatic hydroxyl groups excluding tert-OH is 1. The highest BCUT2D eigenvalue weighted by Crippen LogP contribution is 2.45. The minimum absolute atomic E-state index is 0.107. The van der Waals surface area contributed by atoms with Crippen LogP contribution in [0.25, 0.3) is 0 Å². The van der Waals surface area contributed by atoms with Crippen LogP contribution in [-0.4, -0.2) is 96.7 Å². The lowest BCUT2D eigenvalue weighted by Gasteiger charge is -2.21. The first-order chi connectivity index (χ1) is 52.2. The first-order valence-corrected chi connectivity index (χ1v) is 48.8. The zero-order chi connectivity index (χ0) is 79.5. The first kappa shape index (κ1) is 106. The normalized spacial score (nSPS) is 14.4.